The van der Waals surface area contributed by atoms with Gasteiger partial charge in [-0.05, 0) is 37.5 Å². The van der Waals surface area contributed by atoms with E-state index in [1.54, 1.807) is 36.0 Å². The van der Waals surface area contributed by atoms with Crippen LogP contribution in [0.5, 0.6) is 0 Å². The van der Waals surface area contributed by atoms with Crippen LogP contribution < -0.4 is 5.32 Å². The first-order valence-electron chi connectivity index (χ1n) is 9.01. The van der Waals surface area contributed by atoms with E-state index in [4.69, 9.17) is 4.74 Å². The number of anilines is 1. The standard InChI is InChI=1S/C19H26FN3O3/c1-13-12-23(18(25)21-15-6-4-5-14(20)11-15)10-9-19(13)8-7-16(26-19)17(24)22(2)3/h4-6,11,13,16H,7-10,12H2,1-3H3,(H,21,25)/t13-,16+,19+/m1/s1. The number of urea groups is 1. The first-order valence-corrected chi connectivity index (χ1v) is 9.01. The Hall–Kier alpha value is -2.15. The Kier molecular flexibility index (Phi) is 5.18. The Morgan fingerprint density at radius 2 is 2.12 bits per heavy atom. The largest absolute Gasteiger partial charge is 0.362 e. The molecule has 2 saturated heterocycles. The van der Waals surface area contributed by atoms with E-state index in [2.05, 4.69) is 12.2 Å². The van der Waals surface area contributed by atoms with Gasteiger partial charge in [0.25, 0.3) is 5.91 Å². The molecule has 3 atom stereocenters. The smallest absolute Gasteiger partial charge is 0.321 e. The van der Waals surface area contributed by atoms with Gasteiger partial charge in [-0.15, -0.1) is 0 Å². The minimum absolute atomic E-state index is 0.000326. The van der Waals surface area contributed by atoms with Gasteiger partial charge in [-0.1, -0.05) is 13.0 Å². The average Bonchev–Trinajstić information content (AvgIpc) is 3.02. The molecule has 0 aromatic heterocycles. The molecule has 1 N–H and O–H groups in total. The molecule has 2 fully saturated rings. The fourth-order valence-electron chi connectivity index (χ4n) is 3.90. The molecule has 7 heteroatoms. The monoisotopic (exact) mass is 363 g/mol. The van der Waals surface area contributed by atoms with E-state index in [1.807, 2.05) is 0 Å². The Morgan fingerprint density at radius 1 is 1.35 bits per heavy atom. The fourth-order valence-corrected chi connectivity index (χ4v) is 3.90. The number of likely N-dealkylation sites (tertiary alicyclic amines) is 1. The number of hydrogen-bond acceptors (Lipinski definition) is 3. The molecule has 26 heavy (non-hydrogen) atoms. The first-order chi connectivity index (χ1) is 12.3. The topological polar surface area (TPSA) is 61.9 Å². The minimum atomic E-state index is -0.389. The number of hydrogen-bond donors (Lipinski definition) is 1. The van der Waals surface area contributed by atoms with Gasteiger partial charge in [0.1, 0.15) is 11.9 Å². The van der Waals surface area contributed by atoms with E-state index < -0.39 is 0 Å². The Balaban J connectivity index is 1.60. The van der Waals surface area contributed by atoms with Crippen molar-refractivity contribution in [2.45, 2.75) is 37.9 Å². The van der Waals surface area contributed by atoms with Crippen LogP contribution in [0.1, 0.15) is 26.2 Å². The predicted molar refractivity (Wildman–Crippen MR) is 96.3 cm³/mol. The number of rotatable bonds is 2. The van der Waals surface area contributed by atoms with Gasteiger partial charge in [0.15, 0.2) is 0 Å². The molecule has 2 aliphatic heterocycles. The van der Waals surface area contributed by atoms with Crippen LogP contribution in [-0.4, -0.2) is 60.6 Å². The number of likely N-dealkylation sites (N-methyl/N-ethyl adjacent to an activating group) is 1. The highest BCUT2D eigenvalue weighted by Crippen LogP contribution is 2.42. The number of halogens is 1. The summed E-state index contributed by atoms with van der Waals surface area (Å²) >= 11 is 0. The molecule has 0 unspecified atom stereocenters. The second kappa shape index (κ2) is 7.23. The molecule has 6 nitrogen and oxygen atoms in total. The zero-order chi connectivity index (χ0) is 18.9. The molecule has 1 spiro atoms. The number of benzene rings is 1. The lowest BCUT2D eigenvalue weighted by molar-refractivity contribution is -0.153. The SMILES string of the molecule is C[C@@H]1CN(C(=O)Nc2cccc(F)c2)CC[C@@]12CC[C@@H](C(=O)N(C)C)O2. The summed E-state index contributed by atoms with van der Waals surface area (Å²) in [7, 11) is 3.47. The predicted octanol–water partition coefficient (Wildman–Crippen LogP) is 2.71. The number of nitrogens with one attached hydrogen (secondary N) is 1. The van der Waals surface area contributed by atoms with Crippen LogP contribution in [-0.2, 0) is 9.53 Å². The second-order valence-electron chi connectivity index (χ2n) is 7.48. The molecule has 0 aliphatic carbocycles. The van der Waals surface area contributed by atoms with Crippen LogP contribution in [0.4, 0.5) is 14.9 Å². The van der Waals surface area contributed by atoms with Gasteiger partial charge >= 0.3 is 6.03 Å². The molecule has 142 valence electrons. The molecule has 3 amide bonds. The van der Waals surface area contributed by atoms with Crippen molar-refractivity contribution < 1.29 is 18.7 Å². The normalized spacial score (nSPS) is 28.2. The summed E-state index contributed by atoms with van der Waals surface area (Å²) in [6.45, 7) is 3.16. The molecular formula is C19H26FN3O3. The van der Waals surface area contributed by atoms with E-state index in [-0.39, 0.29) is 35.4 Å². The number of ether oxygens (including phenoxy) is 1. The van der Waals surface area contributed by atoms with Crippen molar-refractivity contribution in [1.29, 1.82) is 0 Å². The van der Waals surface area contributed by atoms with Gasteiger partial charge in [0, 0.05) is 38.8 Å². The highest BCUT2D eigenvalue weighted by Gasteiger charge is 2.49. The van der Waals surface area contributed by atoms with Crippen molar-refractivity contribution in [2.24, 2.45) is 5.92 Å². The second-order valence-corrected chi connectivity index (χ2v) is 7.48. The Labute approximate surface area is 153 Å². The van der Waals surface area contributed by atoms with Crippen LogP contribution in [0.15, 0.2) is 24.3 Å². The van der Waals surface area contributed by atoms with Gasteiger partial charge in [-0.2, -0.15) is 0 Å². The molecule has 1 aromatic carbocycles. The molecule has 0 radical (unpaired) electrons. The lowest BCUT2D eigenvalue weighted by atomic mass is 9.80. The number of piperidine rings is 1. The zero-order valence-electron chi connectivity index (χ0n) is 15.5. The van der Waals surface area contributed by atoms with E-state index in [9.17, 15) is 14.0 Å². The Bertz CT molecular complexity index is 696. The van der Waals surface area contributed by atoms with Gasteiger partial charge in [0.05, 0.1) is 5.60 Å². The van der Waals surface area contributed by atoms with Crippen LogP contribution >= 0.6 is 0 Å². The van der Waals surface area contributed by atoms with Gasteiger partial charge in [-0.25, -0.2) is 9.18 Å². The van der Waals surface area contributed by atoms with Gasteiger partial charge in [0.2, 0.25) is 0 Å². The maximum atomic E-state index is 13.3. The quantitative estimate of drug-likeness (QED) is 0.879. The fraction of sp³-hybridized carbons (Fsp3) is 0.579. The van der Waals surface area contributed by atoms with E-state index in [1.165, 1.54) is 12.1 Å². The molecule has 2 aliphatic rings. The van der Waals surface area contributed by atoms with Crippen molar-refractivity contribution in [3.05, 3.63) is 30.1 Å². The lowest BCUT2D eigenvalue weighted by Gasteiger charge is -2.44. The number of carbonyl (C=O) groups excluding carboxylic acids is 2. The van der Waals surface area contributed by atoms with Crippen molar-refractivity contribution >= 4 is 17.6 Å². The van der Waals surface area contributed by atoms with Crippen LogP contribution in [0.3, 0.4) is 0 Å². The highest BCUT2D eigenvalue weighted by molar-refractivity contribution is 5.89. The van der Waals surface area contributed by atoms with E-state index >= 15 is 0 Å². The van der Waals surface area contributed by atoms with Crippen molar-refractivity contribution in [1.82, 2.24) is 9.80 Å². The molecular weight excluding hydrogens is 337 g/mol. The molecule has 0 saturated carbocycles. The molecule has 1 aromatic rings. The van der Waals surface area contributed by atoms with E-state index in [0.29, 0.717) is 25.2 Å². The summed E-state index contributed by atoms with van der Waals surface area (Å²) < 4.78 is 19.5. The third-order valence-electron chi connectivity index (χ3n) is 5.48. The van der Waals surface area contributed by atoms with Gasteiger partial charge in [-0.3, -0.25) is 4.79 Å². The van der Waals surface area contributed by atoms with Crippen molar-refractivity contribution in [3.63, 3.8) is 0 Å². The van der Waals surface area contributed by atoms with Crippen molar-refractivity contribution in [2.75, 3.05) is 32.5 Å². The number of amides is 3. The van der Waals surface area contributed by atoms with Crippen LogP contribution in [0.2, 0.25) is 0 Å². The van der Waals surface area contributed by atoms with Gasteiger partial charge < -0.3 is 19.9 Å². The maximum Gasteiger partial charge on any atom is 0.321 e. The molecule has 2 heterocycles. The third-order valence-corrected chi connectivity index (χ3v) is 5.48. The first kappa shape index (κ1) is 18.6. The lowest BCUT2D eigenvalue weighted by Crippen LogP contribution is -2.53. The molecule has 0 bridgehead atoms. The number of carbonyl (C=O) groups is 2. The minimum Gasteiger partial charge on any atom is -0.362 e. The summed E-state index contributed by atoms with van der Waals surface area (Å²) in [5.74, 6) is -0.264. The third kappa shape index (κ3) is 3.67. The Morgan fingerprint density at radius 3 is 2.77 bits per heavy atom. The zero-order valence-corrected chi connectivity index (χ0v) is 15.5. The summed E-state index contributed by atoms with van der Waals surface area (Å²) in [4.78, 5) is 27.9. The summed E-state index contributed by atoms with van der Waals surface area (Å²) in [5, 5.41) is 2.74. The highest BCUT2D eigenvalue weighted by atomic mass is 19.1. The maximum absolute atomic E-state index is 13.3. The summed E-state index contributed by atoms with van der Waals surface area (Å²) in [6.07, 6.45) is 1.86. The van der Waals surface area contributed by atoms with Crippen LogP contribution in [0.25, 0.3) is 0 Å². The van der Waals surface area contributed by atoms with Crippen LogP contribution in [0, 0.1) is 11.7 Å². The number of nitrogens with zero attached hydrogens (tertiary/aromatic N) is 2. The summed E-state index contributed by atoms with van der Waals surface area (Å²) in [6, 6.07) is 5.62. The van der Waals surface area contributed by atoms with Crippen molar-refractivity contribution in [3.8, 4) is 0 Å². The average molecular weight is 363 g/mol. The van der Waals surface area contributed by atoms with E-state index in [0.717, 1.165) is 12.8 Å². The molecule has 3 rings (SSSR count). The summed E-state index contributed by atoms with van der Waals surface area (Å²) in [5.41, 5.74) is 0.100.